The van der Waals surface area contributed by atoms with Crippen molar-refractivity contribution in [3.63, 3.8) is 0 Å². The Kier molecular flexibility index (Phi) is 4.58. The van der Waals surface area contributed by atoms with Gasteiger partial charge in [0.25, 0.3) is 5.91 Å². The Labute approximate surface area is 160 Å². The van der Waals surface area contributed by atoms with E-state index >= 15 is 0 Å². The number of amides is 1. The van der Waals surface area contributed by atoms with Crippen LogP contribution in [-0.4, -0.2) is 46.3 Å². The molecule has 0 bridgehead atoms. The Morgan fingerprint density at radius 1 is 1.11 bits per heavy atom. The fourth-order valence-corrected chi connectivity index (χ4v) is 4.78. The van der Waals surface area contributed by atoms with Gasteiger partial charge in [-0.25, -0.2) is 13.4 Å². The van der Waals surface area contributed by atoms with Crippen molar-refractivity contribution in [3.8, 4) is 0 Å². The smallest absolute Gasteiger partial charge is 0.258 e. The summed E-state index contributed by atoms with van der Waals surface area (Å²) in [7, 11) is -3.64. The minimum atomic E-state index is -3.64. The number of benzene rings is 1. The fourth-order valence-electron chi connectivity index (χ4n) is 3.03. The van der Waals surface area contributed by atoms with Crippen LogP contribution in [-0.2, 0) is 10.0 Å². The fraction of sp³-hybridized carbons (Fsp3) is 0.235. The number of carbonyl (C=O) groups is 1. The highest BCUT2D eigenvalue weighted by atomic mass is 35.5. The number of aromatic nitrogens is 3. The third-order valence-corrected chi connectivity index (χ3v) is 6.64. The van der Waals surface area contributed by atoms with E-state index in [0.717, 1.165) is 12.8 Å². The van der Waals surface area contributed by atoms with Gasteiger partial charge in [0.1, 0.15) is 5.82 Å². The molecule has 1 saturated heterocycles. The highest BCUT2D eigenvalue weighted by Crippen LogP contribution is 2.26. The van der Waals surface area contributed by atoms with Gasteiger partial charge in [-0.1, -0.05) is 11.6 Å². The van der Waals surface area contributed by atoms with Gasteiger partial charge in [-0.15, -0.1) is 0 Å². The van der Waals surface area contributed by atoms with Crippen molar-refractivity contribution in [2.45, 2.75) is 17.7 Å². The number of nitrogens with zero attached hydrogens (tertiary/aromatic N) is 4. The van der Waals surface area contributed by atoms with Gasteiger partial charge in [0, 0.05) is 25.4 Å². The predicted molar refractivity (Wildman–Crippen MR) is 100 cm³/mol. The minimum absolute atomic E-state index is 0.0536. The van der Waals surface area contributed by atoms with Crippen LogP contribution in [0.3, 0.4) is 0 Å². The zero-order valence-corrected chi connectivity index (χ0v) is 15.7. The van der Waals surface area contributed by atoms with Crippen molar-refractivity contribution in [2.24, 2.45) is 0 Å². The standard InChI is InChI=1S/C17H16ClN5O3S/c18-14-4-3-12(27(25,26)22-9-1-2-10-22)11-13(14)17(24)21-16-5-7-19-15-6-8-20-23(15)16/h3-8,11H,1-2,9-10H2,(H,21,24). The predicted octanol–water partition coefficient (Wildman–Crippen LogP) is 2.42. The number of carbonyl (C=O) groups excluding carboxylic acids is 1. The van der Waals surface area contributed by atoms with Crippen LogP contribution in [0.1, 0.15) is 23.2 Å². The average Bonchev–Trinajstić information content (AvgIpc) is 3.34. The van der Waals surface area contributed by atoms with E-state index in [0.29, 0.717) is 24.6 Å². The average molecular weight is 406 g/mol. The normalized spacial score (nSPS) is 15.3. The minimum Gasteiger partial charge on any atom is -0.306 e. The van der Waals surface area contributed by atoms with Crippen LogP contribution in [0, 0.1) is 0 Å². The van der Waals surface area contributed by atoms with Crippen molar-refractivity contribution < 1.29 is 13.2 Å². The largest absolute Gasteiger partial charge is 0.306 e. The zero-order valence-electron chi connectivity index (χ0n) is 14.2. The number of nitrogens with one attached hydrogen (secondary N) is 1. The lowest BCUT2D eigenvalue weighted by atomic mass is 10.2. The van der Waals surface area contributed by atoms with Crippen LogP contribution >= 0.6 is 11.6 Å². The summed E-state index contributed by atoms with van der Waals surface area (Å²) in [5.74, 6) is -0.125. The van der Waals surface area contributed by atoms with Crippen LogP contribution in [0.25, 0.3) is 5.65 Å². The first-order valence-corrected chi connectivity index (χ1v) is 10.2. The van der Waals surface area contributed by atoms with E-state index in [2.05, 4.69) is 15.4 Å². The molecule has 3 heterocycles. The Balaban J connectivity index is 1.67. The monoisotopic (exact) mass is 405 g/mol. The molecule has 2 aromatic heterocycles. The van der Waals surface area contributed by atoms with Gasteiger partial charge in [-0.05, 0) is 37.1 Å². The van der Waals surface area contributed by atoms with Gasteiger partial charge < -0.3 is 5.32 Å². The molecular weight excluding hydrogens is 390 g/mol. The molecule has 1 aromatic carbocycles. The second-order valence-corrected chi connectivity index (χ2v) is 8.48. The maximum atomic E-state index is 12.7. The quantitative estimate of drug-likeness (QED) is 0.719. The molecule has 1 aliphatic heterocycles. The van der Waals surface area contributed by atoms with E-state index in [1.807, 2.05) is 0 Å². The molecule has 0 unspecified atom stereocenters. The molecule has 0 atom stereocenters. The summed E-state index contributed by atoms with van der Waals surface area (Å²) < 4.78 is 28.4. The summed E-state index contributed by atoms with van der Waals surface area (Å²) in [6, 6.07) is 7.45. The summed E-state index contributed by atoms with van der Waals surface area (Å²) in [6.45, 7) is 0.974. The summed E-state index contributed by atoms with van der Waals surface area (Å²) in [4.78, 5) is 16.9. The van der Waals surface area contributed by atoms with E-state index in [4.69, 9.17) is 11.6 Å². The van der Waals surface area contributed by atoms with E-state index < -0.39 is 15.9 Å². The van der Waals surface area contributed by atoms with Gasteiger partial charge in [-0.2, -0.15) is 13.9 Å². The SMILES string of the molecule is O=C(Nc1ccnc2ccnn12)c1cc(S(=O)(=O)N2CCCC2)ccc1Cl. The van der Waals surface area contributed by atoms with Gasteiger partial charge in [-0.3, -0.25) is 4.79 Å². The first-order chi connectivity index (χ1) is 13.0. The topological polar surface area (TPSA) is 96.7 Å². The first kappa shape index (κ1) is 17.9. The number of sulfonamides is 1. The summed E-state index contributed by atoms with van der Waals surface area (Å²) in [5, 5.41) is 6.97. The lowest BCUT2D eigenvalue weighted by molar-refractivity contribution is 0.102. The molecule has 0 aliphatic carbocycles. The van der Waals surface area contributed by atoms with Crippen molar-refractivity contribution in [2.75, 3.05) is 18.4 Å². The third kappa shape index (κ3) is 3.29. The number of rotatable bonds is 4. The van der Waals surface area contributed by atoms with Crippen molar-refractivity contribution in [1.82, 2.24) is 18.9 Å². The van der Waals surface area contributed by atoms with E-state index in [1.54, 1.807) is 24.5 Å². The molecule has 0 radical (unpaired) electrons. The third-order valence-electron chi connectivity index (χ3n) is 4.42. The molecule has 1 aliphatic rings. The van der Waals surface area contributed by atoms with Gasteiger partial charge in [0.05, 0.1) is 21.7 Å². The van der Waals surface area contributed by atoms with Crippen LogP contribution in [0.2, 0.25) is 5.02 Å². The Morgan fingerprint density at radius 3 is 2.67 bits per heavy atom. The van der Waals surface area contributed by atoms with Crippen LogP contribution < -0.4 is 5.32 Å². The molecule has 1 fully saturated rings. The zero-order chi connectivity index (χ0) is 19.0. The van der Waals surface area contributed by atoms with E-state index in [9.17, 15) is 13.2 Å². The van der Waals surface area contributed by atoms with Gasteiger partial charge in [0.15, 0.2) is 5.65 Å². The highest BCUT2D eigenvalue weighted by Gasteiger charge is 2.28. The lowest BCUT2D eigenvalue weighted by Gasteiger charge is -2.16. The van der Waals surface area contributed by atoms with Gasteiger partial charge >= 0.3 is 0 Å². The van der Waals surface area contributed by atoms with E-state index in [1.165, 1.54) is 27.0 Å². The summed E-state index contributed by atoms with van der Waals surface area (Å²) in [5.41, 5.74) is 0.651. The van der Waals surface area contributed by atoms with Crippen LogP contribution in [0.15, 0.2) is 47.6 Å². The second kappa shape index (κ2) is 6.91. The van der Waals surface area contributed by atoms with Crippen LogP contribution in [0.5, 0.6) is 0 Å². The molecule has 4 rings (SSSR count). The summed E-state index contributed by atoms with van der Waals surface area (Å²) in [6.07, 6.45) is 4.78. The molecule has 3 aromatic rings. The Morgan fingerprint density at radius 2 is 1.89 bits per heavy atom. The number of fused-ring (bicyclic) bond motifs is 1. The Hall–Kier alpha value is -2.49. The lowest BCUT2D eigenvalue weighted by Crippen LogP contribution is -2.28. The maximum absolute atomic E-state index is 12.7. The Bertz CT molecular complexity index is 1120. The van der Waals surface area contributed by atoms with Crippen molar-refractivity contribution in [3.05, 3.63) is 53.3 Å². The molecule has 140 valence electrons. The summed E-state index contributed by atoms with van der Waals surface area (Å²) >= 11 is 6.16. The molecule has 27 heavy (non-hydrogen) atoms. The van der Waals surface area contributed by atoms with Gasteiger partial charge in [0.2, 0.25) is 10.0 Å². The molecule has 10 heteroatoms. The molecule has 0 saturated carbocycles. The number of halogens is 1. The maximum Gasteiger partial charge on any atom is 0.258 e. The number of hydrogen-bond acceptors (Lipinski definition) is 5. The van der Waals surface area contributed by atoms with Crippen LogP contribution in [0.4, 0.5) is 5.82 Å². The molecule has 1 amide bonds. The number of anilines is 1. The molecule has 1 N–H and O–H groups in total. The molecule has 8 nitrogen and oxygen atoms in total. The number of hydrogen-bond donors (Lipinski definition) is 1. The van der Waals surface area contributed by atoms with E-state index in [-0.39, 0.29) is 15.5 Å². The van der Waals surface area contributed by atoms with Crippen molar-refractivity contribution in [1.29, 1.82) is 0 Å². The molecular formula is C17H16ClN5O3S. The highest BCUT2D eigenvalue weighted by molar-refractivity contribution is 7.89. The van der Waals surface area contributed by atoms with Crippen molar-refractivity contribution >= 4 is 39.0 Å². The first-order valence-electron chi connectivity index (χ1n) is 8.36. The molecule has 0 spiro atoms. The second-order valence-electron chi connectivity index (χ2n) is 6.14.